The van der Waals surface area contributed by atoms with Gasteiger partial charge in [-0.25, -0.2) is 23.4 Å². The number of fused-ring (bicyclic) bond motifs is 2. The highest BCUT2D eigenvalue weighted by molar-refractivity contribution is 7.92. The van der Waals surface area contributed by atoms with Crippen molar-refractivity contribution >= 4 is 21.5 Å². The molecule has 2 aliphatic rings. The molecular weight excluding hydrogens is 550 g/mol. The van der Waals surface area contributed by atoms with Gasteiger partial charge in [0, 0.05) is 35.1 Å². The Morgan fingerprint density at radius 3 is 2.69 bits per heavy atom. The molecule has 0 amide bonds. The van der Waals surface area contributed by atoms with E-state index in [1.165, 1.54) is 5.56 Å². The predicted octanol–water partition coefficient (Wildman–Crippen LogP) is 5.40. The van der Waals surface area contributed by atoms with E-state index in [-0.39, 0.29) is 23.6 Å². The molecule has 0 saturated heterocycles. The molecular formula is C32H35N5O4S. The second kappa shape index (κ2) is 11.2. The Hall–Kier alpha value is -4.18. The molecule has 0 radical (unpaired) electrons. The highest BCUT2D eigenvalue weighted by atomic mass is 32.2. The molecule has 0 unspecified atom stereocenters. The first-order valence-electron chi connectivity index (χ1n) is 14.1. The van der Waals surface area contributed by atoms with Crippen LogP contribution in [0.25, 0.3) is 11.1 Å². The number of ether oxygens (including phenoxy) is 2. The van der Waals surface area contributed by atoms with Gasteiger partial charge in [0.05, 0.1) is 12.8 Å². The summed E-state index contributed by atoms with van der Waals surface area (Å²) in [7, 11) is -3.56. The molecule has 0 spiro atoms. The maximum Gasteiger partial charge on any atom is 0.238 e. The van der Waals surface area contributed by atoms with Crippen molar-refractivity contribution in [2.45, 2.75) is 46.3 Å². The summed E-state index contributed by atoms with van der Waals surface area (Å²) in [4.78, 5) is 16.1. The summed E-state index contributed by atoms with van der Waals surface area (Å²) < 4.78 is 39.0. The lowest BCUT2D eigenvalue weighted by Crippen LogP contribution is -2.31. The second-order valence-corrected chi connectivity index (χ2v) is 13.5. The van der Waals surface area contributed by atoms with Crippen LogP contribution in [0.3, 0.4) is 0 Å². The quantitative estimate of drug-likeness (QED) is 0.307. The fraction of sp³-hybridized carbons (Fsp3) is 0.344. The van der Waals surface area contributed by atoms with Gasteiger partial charge in [0.25, 0.3) is 0 Å². The zero-order valence-corrected chi connectivity index (χ0v) is 24.9. The molecule has 4 aromatic rings. The van der Waals surface area contributed by atoms with Gasteiger partial charge in [0.2, 0.25) is 15.9 Å². The van der Waals surface area contributed by atoms with E-state index < -0.39 is 10.0 Å². The van der Waals surface area contributed by atoms with Crippen LogP contribution in [0.4, 0.5) is 11.5 Å². The number of aromatic nitrogens is 3. The highest BCUT2D eigenvalue weighted by Crippen LogP contribution is 2.39. The normalized spacial score (nSPS) is 16.0. The Labute approximate surface area is 247 Å². The SMILES string of the molecule is CC1(C)CCc2ncnc(N3CCOc4ccc(-c5cnc(OCc6ccccc6)c(NS(C)(=O)=O)c5)cc4C3)c2C1. The smallest absolute Gasteiger partial charge is 0.238 e. The molecule has 218 valence electrons. The Bertz CT molecular complexity index is 1710. The number of hydrogen-bond acceptors (Lipinski definition) is 8. The van der Waals surface area contributed by atoms with E-state index >= 15 is 0 Å². The van der Waals surface area contributed by atoms with E-state index in [1.807, 2.05) is 42.5 Å². The number of anilines is 2. The summed E-state index contributed by atoms with van der Waals surface area (Å²) in [5.74, 6) is 2.03. The highest BCUT2D eigenvalue weighted by Gasteiger charge is 2.30. The van der Waals surface area contributed by atoms with E-state index in [0.29, 0.717) is 19.7 Å². The van der Waals surface area contributed by atoms with E-state index in [4.69, 9.17) is 14.5 Å². The summed E-state index contributed by atoms with van der Waals surface area (Å²) >= 11 is 0. The molecule has 1 aliphatic heterocycles. The molecule has 2 aromatic heterocycles. The molecule has 1 N–H and O–H groups in total. The van der Waals surface area contributed by atoms with E-state index in [0.717, 1.165) is 65.0 Å². The summed E-state index contributed by atoms with van der Waals surface area (Å²) in [5, 5.41) is 0. The first-order valence-corrected chi connectivity index (χ1v) is 16.0. The molecule has 10 heteroatoms. The zero-order valence-electron chi connectivity index (χ0n) is 24.1. The van der Waals surface area contributed by atoms with Gasteiger partial charge in [-0.2, -0.15) is 0 Å². The van der Waals surface area contributed by atoms with Crippen LogP contribution < -0.4 is 19.1 Å². The van der Waals surface area contributed by atoms with Crippen molar-refractivity contribution in [3.05, 3.63) is 89.5 Å². The average molecular weight is 586 g/mol. The van der Waals surface area contributed by atoms with Gasteiger partial charge >= 0.3 is 0 Å². The third-order valence-electron chi connectivity index (χ3n) is 7.74. The van der Waals surface area contributed by atoms with Crippen molar-refractivity contribution in [3.8, 4) is 22.8 Å². The minimum atomic E-state index is -3.56. The summed E-state index contributed by atoms with van der Waals surface area (Å²) in [6.07, 6.45) is 7.52. The molecule has 0 fully saturated rings. The Kier molecular flexibility index (Phi) is 7.49. The molecule has 2 aromatic carbocycles. The van der Waals surface area contributed by atoms with Gasteiger partial charge < -0.3 is 14.4 Å². The van der Waals surface area contributed by atoms with Crippen molar-refractivity contribution in [3.63, 3.8) is 0 Å². The molecule has 0 atom stereocenters. The lowest BCUT2D eigenvalue weighted by Gasteiger charge is -2.33. The summed E-state index contributed by atoms with van der Waals surface area (Å²) in [5.41, 5.74) is 6.50. The van der Waals surface area contributed by atoms with Crippen LogP contribution >= 0.6 is 0 Å². The van der Waals surface area contributed by atoms with Gasteiger partial charge in [-0.1, -0.05) is 50.2 Å². The number of benzene rings is 2. The molecule has 1 aliphatic carbocycles. The van der Waals surface area contributed by atoms with Crippen molar-refractivity contribution in [2.24, 2.45) is 5.41 Å². The molecule has 42 heavy (non-hydrogen) atoms. The van der Waals surface area contributed by atoms with Gasteiger partial charge in [0.1, 0.15) is 36.8 Å². The predicted molar refractivity (Wildman–Crippen MR) is 163 cm³/mol. The van der Waals surface area contributed by atoms with Crippen molar-refractivity contribution in [2.75, 3.05) is 29.0 Å². The largest absolute Gasteiger partial charge is 0.491 e. The Morgan fingerprint density at radius 1 is 1.05 bits per heavy atom. The number of nitrogens with one attached hydrogen (secondary N) is 1. The van der Waals surface area contributed by atoms with E-state index in [9.17, 15) is 8.42 Å². The minimum Gasteiger partial charge on any atom is -0.491 e. The van der Waals surface area contributed by atoms with Gasteiger partial charge in [0.15, 0.2) is 0 Å². The molecule has 3 heterocycles. The Balaban J connectivity index is 1.30. The maximum absolute atomic E-state index is 12.2. The number of hydrogen-bond donors (Lipinski definition) is 1. The topological polar surface area (TPSA) is 107 Å². The number of pyridine rings is 1. The average Bonchev–Trinajstić information content (AvgIpc) is 3.17. The van der Waals surface area contributed by atoms with Gasteiger partial charge in [-0.3, -0.25) is 4.72 Å². The van der Waals surface area contributed by atoms with E-state index in [1.54, 1.807) is 18.6 Å². The third-order valence-corrected chi connectivity index (χ3v) is 8.33. The van der Waals surface area contributed by atoms with Crippen LogP contribution in [0.15, 0.2) is 67.1 Å². The fourth-order valence-electron chi connectivity index (χ4n) is 5.61. The van der Waals surface area contributed by atoms with Crippen molar-refractivity contribution < 1.29 is 17.9 Å². The monoisotopic (exact) mass is 585 g/mol. The summed E-state index contributed by atoms with van der Waals surface area (Å²) in [6, 6.07) is 17.4. The second-order valence-electron chi connectivity index (χ2n) is 11.8. The number of nitrogens with zero attached hydrogens (tertiary/aromatic N) is 4. The molecule has 6 rings (SSSR count). The number of sulfonamides is 1. The zero-order chi connectivity index (χ0) is 29.3. The third kappa shape index (κ3) is 6.33. The minimum absolute atomic E-state index is 0.210. The van der Waals surface area contributed by atoms with Crippen LogP contribution in [0.2, 0.25) is 0 Å². The van der Waals surface area contributed by atoms with Gasteiger partial charge in [-0.05, 0) is 54.0 Å². The number of aryl methyl sites for hydroxylation is 1. The van der Waals surface area contributed by atoms with Crippen molar-refractivity contribution in [1.29, 1.82) is 0 Å². The van der Waals surface area contributed by atoms with Crippen LogP contribution in [0.5, 0.6) is 11.6 Å². The standard InChI is InChI=1S/C32H35N5O4S/c1-32(2)12-11-27-26(17-32)30(35-21-34-27)37-13-14-40-29-10-9-23(15-25(29)19-37)24-16-28(36-42(3,38)39)31(33-18-24)41-20-22-7-5-4-6-8-22/h4-10,15-16,18,21,36H,11-14,17,19-20H2,1-3H3. The van der Waals surface area contributed by atoms with Crippen LogP contribution in [0, 0.1) is 5.41 Å². The lowest BCUT2D eigenvalue weighted by atomic mass is 9.76. The molecule has 0 bridgehead atoms. The van der Waals surface area contributed by atoms with E-state index in [2.05, 4.69) is 39.5 Å². The van der Waals surface area contributed by atoms with Crippen molar-refractivity contribution in [1.82, 2.24) is 15.0 Å². The fourth-order valence-corrected chi connectivity index (χ4v) is 6.16. The maximum atomic E-state index is 12.2. The van der Waals surface area contributed by atoms with Gasteiger partial charge in [-0.15, -0.1) is 0 Å². The van der Waals surface area contributed by atoms with Crippen LogP contribution in [-0.2, 0) is 36.0 Å². The lowest BCUT2D eigenvalue weighted by molar-refractivity contribution is 0.296. The molecule has 9 nitrogen and oxygen atoms in total. The van der Waals surface area contributed by atoms with Crippen LogP contribution in [0.1, 0.15) is 42.7 Å². The number of rotatable bonds is 7. The van der Waals surface area contributed by atoms with Crippen LogP contribution in [-0.4, -0.2) is 42.8 Å². The Morgan fingerprint density at radius 2 is 1.88 bits per heavy atom. The first kappa shape index (κ1) is 28.0. The summed E-state index contributed by atoms with van der Waals surface area (Å²) in [6.45, 7) is 6.77. The first-order chi connectivity index (χ1) is 20.1. The molecule has 0 saturated carbocycles.